The Labute approximate surface area is 172 Å². The number of carbonyl (C=O) groups excluding carboxylic acids is 1. The summed E-state index contributed by atoms with van der Waals surface area (Å²) in [5.74, 6) is 1.83. The van der Waals surface area contributed by atoms with Crippen LogP contribution in [0.3, 0.4) is 0 Å². The number of hydrogen-bond donors (Lipinski definition) is 0. The van der Waals surface area contributed by atoms with Crippen molar-refractivity contribution in [3.05, 3.63) is 41.7 Å². The van der Waals surface area contributed by atoms with E-state index in [1.165, 1.54) is 5.57 Å². The van der Waals surface area contributed by atoms with E-state index in [1.54, 1.807) is 6.26 Å². The SMILES string of the molecule is CCC1CC2C(=O)C(c3ccc4c(c3)OCCO4)=COC2CC1OCC=C(C)C. The van der Waals surface area contributed by atoms with Crippen molar-refractivity contribution >= 4 is 11.4 Å². The van der Waals surface area contributed by atoms with Gasteiger partial charge in [0.2, 0.25) is 0 Å². The standard InChI is InChI=1S/C24H30O5/c1-4-16-11-18-22(13-21(16)26-8-7-15(2)3)29-14-19(24(18)25)17-5-6-20-23(12-17)28-10-9-27-20/h5-7,12,14,16,18,21-22H,4,8-11,13H2,1-3H3. The zero-order chi connectivity index (χ0) is 20.4. The van der Waals surface area contributed by atoms with Crippen molar-refractivity contribution in [1.82, 2.24) is 0 Å². The van der Waals surface area contributed by atoms with Crippen LogP contribution in [0.5, 0.6) is 11.5 Å². The van der Waals surface area contributed by atoms with E-state index in [0.717, 1.165) is 30.6 Å². The first kappa shape index (κ1) is 20.0. The van der Waals surface area contributed by atoms with Gasteiger partial charge in [-0.25, -0.2) is 0 Å². The van der Waals surface area contributed by atoms with Crippen molar-refractivity contribution in [2.75, 3.05) is 19.8 Å². The van der Waals surface area contributed by atoms with Gasteiger partial charge in [0.05, 0.1) is 30.5 Å². The molecular weight excluding hydrogens is 368 g/mol. The van der Waals surface area contributed by atoms with Crippen molar-refractivity contribution in [1.29, 1.82) is 0 Å². The number of allylic oxidation sites excluding steroid dienone is 2. The maximum Gasteiger partial charge on any atom is 0.173 e. The van der Waals surface area contributed by atoms with Crippen LogP contribution in [0.15, 0.2) is 36.1 Å². The Morgan fingerprint density at radius 3 is 2.72 bits per heavy atom. The Hall–Kier alpha value is -2.27. The molecule has 29 heavy (non-hydrogen) atoms. The number of rotatable bonds is 5. The highest BCUT2D eigenvalue weighted by Gasteiger charge is 2.44. The monoisotopic (exact) mass is 398 g/mol. The first-order valence-electron chi connectivity index (χ1n) is 10.6. The van der Waals surface area contributed by atoms with Crippen LogP contribution in [0, 0.1) is 11.8 Å². The third kappa shape index (κ3) is 4.20. The summed E-state index contributed by atoms with van der Waals surface area (Å²) >= 11 is 0. The van der Waals surface area contributed by atoms with E-state index in [9.17, 15) is 4.79 Å². The first-order valence-corrected chi connectivity index (χ1v) is 10.6. The smallest absolute Gasteiger partial charge is 0.173 e. The molecule has 1 aliphatic carbocycles. The minimum absolute atomic E-state index is 0.108. The zero-order valence-corrected chi connectivity index (χ0v) is 17.5. The normalized spacial score (nSPS) is 28.1. The lowest BCUT2D eigenvalue weighted by Crippen LogP contribution is -2.45. The molecule has 1 saturated carbocycles. The first-order chi connectivity index (χ1) is 14.1. The molecule has 0 amide bonds. The van der Waals surface area contributed by atoms with E-state index < -0.39 is 0 Å². The molecule has 1 fully saturated rings. The van der Waals surface area contributed by atoms with E-state index in [0.29, 0.717) is 37.1 Å². The molecule has 1 aromatic carbocycles. The lowest BCUT2D eigenvalue weighted by Gasteiger charge is -2.41. The molecule has 2 heterocycles. The lowest BCUT2D eigenvalue weighted by atomic mass is 9.72. The van der Waals surface area contributed by atoms with Gasteiger partial charge in [0.1, 0.15) is 19.3 Å². The van der Waals surface area contributed by atoms with Crippen LogP contribution in [-0.2, 0) is 14.3 Å². The van der Waals surface area contributed by atoms with Crippen molar-refractivity contribution in [2.45, 2.75) is 52.2 Å². The number of ketones is 1. The summed E-state index contributed by atoms with van der Waals surface area (Å²) in [6.45, 7) is 8.02. The number of fused-ring (bicyclic) bond motifs is 2. The molecule has 2 aliphatic heterocycles. The van der Waals surface area contributed by atoms with Crippen LogP contribution in [0.2, 0.25) is 0 Å². The zero-order valence-electron chi connectivity index (χ0n) is 17.5. The number of benzene rings is 1. The van der Waals surface area contributed by atoms with Gasteiger partial charge in [-0.15, -0.1) is 0 Å². The molecule has 0 saturated heterocycles. The average molecular weight is 398 g/mol. The Morgan fingerprint density at radius 1 is 1.17 bits per heavy atom. The topological polar surface area (TPSA) is 54.0 Å². The fourth-order valence-electron chi connectivity index (χ4n) is 4.45. The van der Waals surface area contributed by atoms with Gasteiger partial charge in [-0.2, -0.15) is 0 Å². The van der Waals surface area contributed by atoms with E-state index in [-0.39, 0.29) is 23.9 Å². The molecule has 4 atom stereocenters. The van der Waals surface area contributed by atoms with Gasteiger partial charge in [0.25, 0.3) is 0 Å². The average Bonchev–Trinajstić information content (AvgIpc) is 2.73. The maximum absolute atomic E-state index is 13.3. The molecule has 4 unspecified atom stereocenters. The minimum atomic E-state index is -0.114. The number of hydrogen-bond acceptors (Lipinski definition) is 5. The maximum atomic E-state index is 13.3. The highest BCUT2D eigenvalue weighted by atomic mass is 16.6. The number of carbonyl (C=O) groups is 1. The molecule has 4 rings (SSSR count). The predicted octanol–water partition coefficient (Wildman–Crippen LogP) is 4.55. The van der Waals surface area contributed by atoms with Crippen molar-refractivity contribution < 1.29 is 23.7 Å². The fraction of sp³-hybridized carbons (Fsp3) is 0.542. The third-order valence-corrected chi connectivity index (χ3v) is 6.14. The molecule has 0 bridgehead atoms. The quantitative estimate of drug-likeness (QED) is 0.681. The number of Topliss-reactive ketones (excluding diaryl/α,β-unsaturated/α-hetero) is 1. The third-order valence-electron chi connectivity index (χ3n) is 6.14. The van der Waals surface area contributed by atoms with Crippen molar-refractivity contribution in [2.24, 2.45) is 11.8 Å². The highest BCUT2D eigenvalue weighted by Crippen LogP contribution is 2.42. The Morgan fingerprint density at radius 2 is 1.97 bits per heavy atom. The van der Waals surface area contributed by atoms with Crippen LogP contribution < -0.4 is 9.47 Å². The largest absolute Gasteiger partial charge is 0.496 e. The van der Waals surface area contributed by atoms with E-state index >= 15 is 0 Å². The Kier molecular flexibility index (Phi) is 5.95. The predicted molar refractivity (Wildman–Crippen MR) is 111 cm³/mol. The molecule has 0 spiro atoms. The van der Waals surface area contributed by atoms with Crippen LogP contribution in [-0.4, -0.2) is 37.8 Å². The summed E-state index contributed by atoms with van der Waals surface area (Å²) in [6, 6.07) is 5.66. The molecule has 5 nitrogen and oxygen atoms in total. The van der Waals surface area contributed by atoms with Crippen LogP contribution in [0.4, 0.5) is 0 Å². The summed E-state index contributed by atoms with van der Waals surface area (Å²) < 4.78 is 23.5. The molecular formula is C24H30O5. The van der Waals surface area contributed by atoms with Crippen LogP contribution >= 0.6 is 0 Å². The lowest BCUT2D eigenvalue weighted by molar-refractivity contribution is -0.131. The molecule has 3 aliphatic rings. The molecule has 0 N–H and O–H groups in total. The minimum Gasteiger partial charge on any atom is -0.496 e. The van der Waals surface area contributed by atoms with Crippen LogP contribution in [0.1, 0.15) is 45.6 Å². The number of ether oxygens (including phenoxy) is 4. The summed E-state index contributed by atoms with van der Waals surface area (Å²) in [5.41, 5.74) is 2.71. The second-order valence-electron chi connectivity index (χ2n) is 8.33. The fourth-order valence-corrected chi connectivity index (χ4v) is 4.45. The van der Waals surface area contributed by atoms with Gasteiger partial charge in [-0.05, 0) is 43.9 Å². The summed E-state index contributed by atoms with van der Waals surface area (Å²) in [5, 5.41) is 0. The van der Waals surface area contributed by atoms with E-state index in [2.05, 4.69) is 26.8 Å². The summed E-state index contributed by atoms with van der Waals surface area (Å²) in [7, 11) is 0. The molecule has 1 aromatic rings. The second kappa shape index (κ2) is 8.62. The highest BCUT2D eigenvalue weighted by molar-refractivity contribution is 6.22. The molecule has 156 valence electrons. The van der Waals surface area contributed by atoms with Gasteiger partial charge >= 0.3 is 0 Å². The Bertz CT molecular complexity index is 821. The molecule has 0 radical (unpaired) electrons. The molecule has 5 heteroatoms. The van der Waals surface area contributed by atoms with Gasteiger partial charge in [-0.1, -0.05) is 31.1 Å². The van der Waals surface area contributed by atoms with E-state index in [1.807, 2.05) is 18.2 Å². The van der Waals surface area contributed by atoms with Gasteiger partial charge in [0.15, 0.2) is 17.3 Å². The molecule has 0 aromatic heterocycles. The van der Waals surface area contributed by atoms with Gasteiger partial charge in [-0.3, -0.25) is 4.79 Å². The van der Waals surface area contributed by atoms with Crippen molar-refractivity contribution in [3.8, 4) is 11.5 Å². The summed E-state index contributed by atoms with van der Waals surface area (Å²) in [4.78, 5) is 13.3. The summed E-state index contributed by atoms with van der Waals surface area (Å²) in [6.07, 6.45) is 6.33. The van der Waals surface area contributed by atoms with E-state index in [4.69, 9.17) is 18.9 Å². The van der Waals surface area contributed by atoms with Gasteiger partial charge in [0, 0.05) is 6.42 Å². The Balaban J connectivity index is 1.51. The van der Waals surface area contributed by atoms with Gasteiger partial charge < -0.3 is 18.9 Å². The second-order valence-corrected chi connectivity index (χ2v) is 8.33. The van der Waals surface area contributed by atoms with Crippen LogP contribution in [0.25, 0.3) is 5.57 Å². The van der Waals surface area contributed by atoms with Crippen molar-refractivity contribution in [3.63, 3.8) is 0 Å².